The minimum absolute atomic E-state index is 0.0177. The van der Waals surface area contributed by atoms with Crippen LogP contribution in [0, 0.1) is 11.3 Å². The number of halogens is 1. The summed E-state index contributed by atoms with van der Waals surface area (Å²) in [5, 5.41) is 10.1. The molecule has 1 saturated heterocycles. The third-order valence-corrected chi connectivity index (χ3v) is 6.19. The number of rotatable bonds is 3. The van der Waals surface area contributed by atoms with E-state index in [0.29, 0.717) is 31.7 Å². The molecule has 3 heterocycles. The van der Waals surface area contributed by atoms with E-state index in [9.17, 15) is 9.18 Å². The molecular weight excluding hydrogens is 379 g/mol. The zero-order chi connectivity index (χ0) is 20.7. The molecule has 2 aromatic carbocycles. The number of likely N-dealkylation sites (tertiary alicyclic amines) is 1. The first-order valence-electron chi connectivity index (χ1n) is 10.2. The molecule has 1 aromatic heterocycles. The van der Waals surface area contributed by atoms with Gasteiger partial charge in [-0.1, -0.05) is 24.3 Å². The molecular formula is C24H21FN4O. The van der Waals surface area contributed by atoms with Crippen molar-refractivity contribution in [3.63, 3.8) is 0 Å². The maximum atomic E-state index is 14.3. The summed E-state index contributed by atoms with van der Waals surface area (Å²) >= 11 is 0. The topological polar surface area (TPSA) is 60.2 Å². The third kappa shape index (κ3) is 3.12. The highest BCUT2D eigenvalue weighted by molar-refractivity contribution is 6.13. The zero-order valence-corrected chi connectivity index (χ0v) is 16.5. The van der Waals surface area contributed by atoms with Crippen LogP contribution in [0.5, 0.6) is 0 Å². The summed E-state index contributed by atoms with van der Waals surface area (Å²) in [6, 6.07) is 17.4. The Morgan fingerprint density at radius 3 is 2.63 bits per heavy atom. The molecule has 5 rings (SSSR count). The maximum Gasteiger partial charge on any atom is 0.259 e. The Bertz CT molecular complexity index is 1160. The van der Waals surface area contributed by atoms with Gasteiger partial charge in [0.15, 0.2) is 5.67 Å². The molecule has 2 aliphatic heterocycles. The molecule has 0 atom stereocenters. The second-order valence-electron chi connectivity index (χ2n) is 8.04. The standard InChI is InChI=1S/C24H21FN4O/c25-24(16-26)8-11-28(12-9-24)14-17-13-20-21(22-19(17)7-4-10-27-22)15-29(23(20)30)18-5-2-1-3-6-18/h1-7,10,13H,8-9,11-12,14-15H2. The molecule has 0 saturated carbocycles. The molecule has 0 aliphatic carbocycles. The predicted molar refractivity (Wildman–Crippen MR) is 113 cm³/mol. The SMILES string of the molecule is N#CC1(F)CCN(Cc2cc3c(c4ncccc24)CN(c2ccccc2)C3=O)CC1. The van der Waals surface area contributed by atoms with Gasteiger partial charge in [-0.25, -0.2) is 4.39 Å². The van der Waals surface area contributed by atoms with Crippen LogP contribution in [-0.4, -0.2) is 34.5 Å². The Balaban J connectivity index is 1.50. The Morgan fingerprint density at radius 2 is 1.90 bits per heavy atom. The Hall–Kier alpha value is -3.30. The summed E-state index contributed by atoms with van der Waals surface area (Å²) in [7, 11) is 0. The number of amides is 1. The summed E-state index contributed by atoms with van der Waals surface area (Å²) in [6.45, 7) is 2.15. The maximum absolute atomic E-state index is 14.3. The van der Waals surface area contributed by atoms with E-state index in [2.05, 4.69) is 9.88 Å². The van der Waals surface area contributed by atoms with Gasteiger partial charge in [0.2, 0.25) is 0 Å². The van der Waals surface area contributed by atoms with Crippen molar-refractivity contribution in [1.29, 1.82) is 5.26 Å². The van der Waals surface area contributed by atoms with Crippen LogP contribution in [0.25, 0.3) is 10.9 Å². The number of hydrogen-bond donors (Lipinski definition) is 0. The fourth-order valence-corrected chi connectivity index (χ4v) is 4.46. The van der Waals surface area contributed by atoms with Crippen LogP contribution in [0.1, 0.15) is 34.3 Å². The minimum Gasteiger partial charge on any atom is -0.304 e. The number of benzene rings is 2. The van der Waals surface area contributed by atoms with E-state index in [1.165, 1.54) is 0 Å². The third-order valence-electron chi connectivity index (χ3n) is 6.19. The highest BCUT2D eigenvalue weighted by Crippen LogP contribution is 2.35. The van der Waals surface area contributed by atoms with Crippen LogP contribution in [0.2, 0.25) is 0 Å². The number of nitrogens with zero attached hydrogens (tertiary/aromatic N) is 4. The molecule has 0 radical (unpaired) electrons. The van der Waals surface area contributed by atoms with Gasteiger partial charge in [-0.15, -0.1) is 0 Å². The van der Waals surface area contributed by atoms with Crippen molar-refractivity contribution in [1.82, 2.24) is 9.88 Å². The van der Waals surface area contributed by atoms with Crippen molar-refractivity contribution in [3.8, 4) is 6.07 Å². The summed E-state index contributed by atoms with van der Waals surface area (Å²) in [4.78, 5) is 21.7. The molecule has 3 aromatic rings. The summed E-state index contributed by atoms with van der Waals surface area (Å²) < 4.78 is 14.3. The molecule has 0 spiro atoms. The van der Waals surface area contributed by atoms with E-state index in [4.69, 9.17) is 5.26 Å². The number of para-hydroxylation sites is 1. The molecule has 1 amide bonds. The number of piperidine rings is 1. The Labute approximate surface area is 174 Å². The van der Waals surface area contributed by atoms with E-state index in [1.54, 1.807) is 17.2 Å². The van der Waals surface area contributed by atoms with E-state index in [0.717, 1.165) is 27.7 Å². The predicted octanol–water partition coefficient (Wildman–Crippen LogP) is 4.22. The van der Waals surface area contributed by atoms with E-state index in [1.807, 2.05) is 48.5 Å². The monoisotopic (exact) mass is 400 g/mol. The lowest BCUT2D eigenvalue weighted by molar-refractivity contribution is 0.0985. The number of anilines is 1. The first-order chi connectivity index (χ1) is 14.6. The van der Waals surface area contributed by atoms with Gasteiger partial charge in [0, 0.05) is 60.9 Å². The lowest BCUT2D eigenvalue weighted by atomic mass is 9.94. The van der Waals surface area contributed by atoms with Gasteiger partial charge in [0.25, 0.3) is 5.91 Å². The Kier molecular flexibility index (Phi) is 4.48. The molecule has 0 N–H and O–H groups in total. The normalized spacial score (nSPS) is 18.4. The molecule has 6 heteroatoms. The van der Waals surface area contributed by atoms with Gasteiger partial charge >= 0.3 is 0 Å². The van der Waals surface area contributed by atoms with Gasteiger partial charge in [-0.05, 0) is 29.8 Å². The van der Waals surface area contributed by atoms with Gasteiger partial charge < -0.3 is 4.90 Å². The van der Waals surface area contributed by atoms with E-state index in [-0.39, 0.29) is 18.7 Å². The molecule has 30 heavy (non-hydrogen) atoms. The molecule has 150 valence electrons. The average Bonchev–Trinajstić information content (AvgIpc) is 3.13. The summed E-state index contributed by atoms with van der Waals surface area (Å²) in [5.74, 6) is -0.0177. The second kappa shape index (κ2) is 7.19. The van der Waals surface area contributed by atoms with Crippen LogP contribution in [0.3, 0.4) is 0 Å². The lowest BCUT2D eigenvalue weighted by Gasteiger charge is -2.32. The zero-order valence-electron chi connectivity index (χ0n) is 16.5. The van der Waals surface area contributed by atoms with Crippen molar-refractivity contribution in [2.75, 3.05) is 18.0 Å². The van der Waals surface area contributed by atoms with Crippen LogP contribution in [0.15, 0.2) is 54.7 Å². The summed E-state index contributed by atoms with van der Waals surface area (Å²) in [5.41, 5.74) is 2.66. The Morgan fingerprint density at radius 1 is 1.13 bits per heavy atom. The molecule has 1 fully saturated rings. The van der Waals surface area contributed by atoms with Crippen LogP contribution in [0.4, 0.5) is 10.1 Å². The number of fused-ring (bicyclic) bond motifs is 3. The van der Waals surface area contributed by atoms with Gasteiger partial charge in [-0.3, -0.25) is 14.7 Å². The molecule has 0 unspecified atom stereocenters. The number of pyridine rings is 1. The van der Waals surface area contributed by atoms with E-state index >= 15 is 0 Å². The molecule has 0 bridgehead atoms. The van der Waals surface area contributed by atoms with Gasteiger partial charge in [0.1, 0.15) is 6.07 Å². The van der Waals surface area contributed by atoms with Crippen LogP contribution < -0.4 is 4.90 Å². The largest absolute Gasteiger partial charge is 0.304 e. The van der Waals surface area contributed by atoms with Crippen LogP contribution in [-0.2, 0) is 13.1 Å². The quantitative estimate of drug-likeness (QED) is 0.660. The number of carbonyl (C=O) groups excluding carboxylic acids is 1. The van der Waals surface area contributed by atoms with Gasteiger partial charge in [0.05, 0.1) is 12.1 Å². The number of aromatic nitrogens is 1. The van der Waals surface area contributed by atoms with Crippen LogP contribution >= 0.6 is 0 Å². The van der Waals surface area contributed by atoms with E-state index < -0.39 is 5.67 Å². The number of nitriles is 1. The fourth-order valence-electron chi connectivity index (χ4n) is 4.46. The highest BCUT2D eigenvalue weighted by atomic mass is 19.1. The average molecular weight is 400 g/mol. The van der Waals surface area contributed by atoms with Gasteiger partial charge in [-0.2, -0.15) is 5.26 Å². The first kappa shape index (κ1) is 18.7. The summed E-state index contributed by atoms with van der Waals surface area (Å²) in [6.07, 6.45) is 2.18. The van der Waals surface area contributed by atoms with Crippen molar-refractivity contribution >= 4 is 22.5 Å². The van der Waals surface area contributed by atoms with Crippen molar-refractivity contribution < 1.29 is 9.18 Å². The van der Waals surface area contributed by atoms with Crippen molar-refractivity contribution in [2.24, 2.45) is 0 Å². The van der Waals surface area contributed by atoms with Crippen molar-refractivity contribution in [2.45, 2.75) is 31.6 Å². The molecule has 2 aliphatic rings. The number of alkyl halides is 1. The minimum atomic E-state index is -1.72. The smallest absolute Gasteiger partial charge is 0.259 e. The number of hydrogen-bond acceptors (Lipinski definition) is 4. The first-order valence-corrected chi connectivity index (χ1v) is 10.2. The molecule has 5 nitrogen and oxygen atoms in total. The van der Waals surface area contributed by atoms with Crippen molar-refractivity contribution in [3.05, 3.63) is 71.4 Å². The second-order valence-corrected chi connectivity index (χ2v) is 8.04. The fraction of sp³-hybridized carbons (Fsp3) is 0.292. The number of carbonyl (C=O) groups is 1. The lowest BCUT2D eigenvalue weighted by Crippen LogP contribution is -2.40. The highest BCUT2D eigenvalue weighted by Gasteiger charge is 2.35.